The standard InChI is InChI=1S/C19H16F2N2O3/c1-11-15(12(2)26-23-11)10-25-18-6-4-3-5-14(18)19(24)22-13-7-8-16(20)17(21)9-13/h3-9H,10H2,1-2H3,(H,22,24). The number of aryl methyl sites for hydroxylation is 2. The van der Waals surface area contributed by atoms with Gasteiger partial charge in [-0.05, 0) is 38.1 Å². The molecule has 3 aromatic rings. The molecule has 3 rings (SSSR count). The largest absolute Gasteiger partial charge is 0.488 e. The summed E-state index contributed by atoms with van der Waals surface area (Å²) in [5, 5.41) is 6.38. The van der Waals surface area contributed by atoms with Crippen molar-refractivity contribution in [1.82, 2.24) is 5.16 Å². The quantitative estimate of drug-likeness (QED) is 0.734. The summed E-state index contributed by atoms with van der Waals surface area (Å²) in [7, 11) is 0. The number of hydrogen-bond acceptors (Lipinski definition) is 4. The van der Waals surface area contributed by atoms with Crippen LogP contribution in [0, 0.1) is 25.5 Å². The SMILES string of the molecule is Cc1noc(C)c1COc1ccccc1C(=O)Nc1ccc(F)c(F)c1. The Balaban J connectivity index is 1.77. The first-order valence-corrected chi connectivity index (χ1v) is 7.85. The second-order valence-corrected chi connectivity index (χ2v) is 5.67. The van der Waals surface area contributed by atoms with E-state index in [2.05, 4.69) is 10.5 Å². The van der Waals surface area contributed by atoms with Crippen molar-refractivity contribution in [2.45, 2.75) is 20.5 Å². The van der Waals surface area contributed by atoms with Crippen molar-refractivity contribution >= 4 is 11.6 Å². The minimum Gasteiger partial charge on any atom is -0.488 e. The van der Waals surface area contributed by atoms with E-state index in [9.17, 15) is 13.6 Å². The van der Waals surface area contributed by atoms with Crippen molar-refractivity contribution < 1.29 is 22.8 Å². The van der Waals surface area contributed by atoms with Crippen molar-refractivity contribution in [2.24, 2.45) is 0 Å². The third kappa shape index (κ3) is 3.72. The maximum Gasteiger partial charge on any atom is 0.259 e. The molecule has 0 unspecified atom stereocenters. The molecule has 0 bridgehead atoms. The number of anilines is 1. The Labute approximate surface area is 148 Å². The van der Waals surface area contributed by atoms with Gasteiger partial charge in [-0.15, -0.1) is 0 Å². The first-order chi connectivity index (χ1) is 12.5. The molecule has 0 saturated heterocycles. The summed E-state index contributed by atoms with van der Waals surface area (Å²) < 4.78 is 37.1. The molecule has 0 spiro atoms. The van der Waals surface area contributed by atoms with Crippen LogP contribution < -0.4 is 10.1 Å². The van der Waals surface area contributed by atoms with Crippen molar-refractivity contribution in [3.05, 3.63) is 76.7 Å². The normalized spacial score (nSPS) is 10.6. The Morgan fingerprint density at radius 1 is 1.15 bits per heavy atom. The summed E-state index contributed by atoms with van der Waals surface area (Å²) in [6.07, 6.45) is 0. The predicted octanol–water partition coefficient (Wildman–Crippen LogP) is 4.40. The van der Waals surface area contributed by atoms with Crippen molar-refractivity contribution in [2.75, 3.05) is 5.32 Å². The number of carbonyl (C=O) groups is 1. The van der Waals surface area contributed by atoms with Crippen LogP contribution in [0.2, 0.25) is 0 Å². The number of halogens is 2. The lowest BCUT2D eigenvalue weighted by Crippen LogP contribution is -2.14. The van der Waals surface area contributed by atoms with E-state index in [1.807, 2.05) is 0 Å². The number of nitrogens with zero attached hydrogens (tertiary/aromatic N) is 1. The number of nitrogens with one attached hydrogen (secondary N) is 1. The fourth-order valence-corrected chi connectivity index (χ4v) is 2.41. The van der Waals surface area contributed by atoms with Gasteiger partial charge in [-0.2, -0.15) is 0 Å². The third-order valence-electron chi connectivity index (χ3n) is 3.86. The van der Waals surface area contributed by atoms with Gasteiger partial charge >= 0.3 is 0 Å². The second-order valence-electron chi connectivity index (χ2n) is 5.67. The number of hydrogen-bond donors (Lipinski definition) is 1. The fraction of sp³-hybridized carbons (Fsp3) is 0.158. The Morgan fingerprint density at radius 2 is 1.92 bits per heavy atom. The summed E-state index contributed by atoms with van der Waals surface area (Å²) in [5.41, 5.74) is 1.94. The zero-order valence-corrected chi connectivity index (χ0v) is 14.2. The minimum atomic E-state index is -1.04. The Kier molecular flexibility index (Phi) is 4.97. The number of rotatable bonds is 5. The molecule has 7 heteroatoms. The molecule has 2 aromatic carbocycles. The smallest absolute Gasteiger partial charge is 0.259 e. The number of carbonyl (C=O) groups excluding carboxylic acids is 1. The first-order valence-electron chi connectivity index (χ1n) is 7.85. The lowest BCUT2D eigenvalue weighted by molar-refractivity contribution is 0.102. The van der Waals surface area contributed by atoms with Crippen LogP contribution in [0.1, 0.15) is 27.4 Å². The molecule has 0 atom stereocenters. The van der Waals surface area contributed by atoms with Crippen LogP contribution in [0.3, 0.4) is 0 Å². The summed E-state index contributed by atoms with van der Waals surface area (Å²) in [6, 6.07) is 9.80. The highest BCUT2D eigenvalue weighted by molar-refractivity contribution is 6.06. The molecular weight excluding hydrogens is 342 g/mol. The first kappa shape index (κ1) is 17.6. The monoisotopic (exact) mass is 358 g/mol. The average Bonchev–Trinajstić information content (AvgIpc) is 2.94. The number of ether oxygens (including phenoxy) is 1. The van der Waals surface area contributed by atoms with E-state index in [1.54, 1.807) is 38.1 Å². The van der Waals surface area contributed by atoms with Crippen LogP contribution in [0.4, 0.5) is 14.5 Å². The zero-order chi connectivity index (χ0) is 18.7. The molecule has 1 amide bonds. The molecular formula is C19H16F2N2O3. The van der Waals surface area contributed by atoms with Gasteiger partial charge in [-0.3, -0.25) is 4.79 Å². The Bertz CT molecular complexity index is 934. The molecule has 1 aromatic heterocycles. The summed E-state index contributed by atoms with van der Waals surface area (Å²) in [4.78, 5) is 12.5. The molecule has 26 heavy (non-hydrogen) atoms. The maximum atomic E-state index is 13.3. The van der Waals surface area contributed by atoms with Crippen LogP contribution in [-0.4, -0.2) is 11.1 Å². The van der Waals surface area contributed by atoms with Gasteiger partial charge in [0.2, 0.25) is 0 Å². The number of para-hydroxylation sites is 1. The van der Waals surface area contributed by atoms with Gasteiger partial charge in [0.05, 0.1) is 16.8 Å². The molecule has 0 aliphatic rings. The average molecular weight is 358 g/mol. The lowest BCUT2D eigenvalue weighted by atomic mass is 10.1. The van der Waals surface area contributed by atoms with E-state index in [1.165, 1.54) is 6.07 Å². The molecule has 0 fully saturated rings. The predicted molar refractivity (Wildman–Crippen MR) is 91.1 cm³/mol. The van der Waals surface area contributed by atoms with E-state index < -0.39 is 17.5 Å². The zero-order valence-electron chi connectivity index (χ0n) is 14.2. The summed E-state index contributed by atoms with van der Waals surface area (Å²) in [6.45, 7) is 3.77. The highest BCUT2D eigenvalue weighted by Gasteiger charge is 2.15. The van der Waals surface area contributed by atoms with E-state index in [-0.39, 0.29) is 17.9 Å². The molecule has 0 aliphatic heterocycles. The Hall–Kier alpha value is -3.22. The number of aromatic nitrogens is 1. The van der Waals surface area contributed by atoms with Crippen LogP contribution in [0.5, 0.6) is 5.75 Å². The number of benzene rings is 2. The summed E-state index contributed by atoms with van der Waals surface area (Å²) in [5.74, 6) is -1.51. The third-order valence-corrected chi connectivity index (χ3v) is 3.86. The molecule has 0 radical (unpaired) electrons. The Morgan fingerprint density at radius 3 is 2.62 bits per heavy atom. The van der Waals surface area contributed by atoms with E-state index >= 15 is 0 Å². The van der Waals surface area contributed by atoms with Crippen LogP contribution >= 0.6 is 0 Å². The van der Waals surface area contributed by atoms with Crippen LogP contribution in [0.25, 0.3) is 0 Å². The van der Waals surface area contributed by atoms with Gasteiger partial charge in [0.25, 0.3) is 5.91 Å². The molecule has 1 N–H and O–H groups in total. The molecule has 0 aliphatic carbocycles. The van der Waals surface area contributed by atoms with E-state index in [4.69, 9.17) is 9.26 Å². The lowest BCUT2D eigenvalue weighted by Gasteiger charge is -2.12. The number of amides is 1. The van der Waals surface area contributed by atoms with Gasteiger partial charge in [-0.1, -0.05) is 17.3 Å². The van der Waals surface area contributed by atoms with Gasteiger partial charge in [0.1, 0.15) is 18.1 Å². The van der Waals surface area contributed by atoms with Gasteiger partial charge in [0, 0.05) is 11.8 Å². The second kappa shape index (κ2) is 7.35. The molecule has 5 nitrogen and oxygen atoms in total. The maximum absolute atomic E-state index is 13.3. The van der Waals surface area contributed by atoms with Crippen molar-refractivity contribution in [3.8, 4) is 5.75 Å². The van der Waals surface area contributed by atoms with Crippen molar-refractivity contribution in [1.29, 1.82) is 0 Å². The van der Waals surface area contributed by atoms with Crippen LogP contribution in [-0.2, 0) is 6.61 Å². The molecule has 134 valence electrons. The highest BCUT2D eigenvalue weighted by atomic mass is 19.2. The highest BCUT2D eigenvalue weighted by Crippen LogP contribution is 2.23. The summed E-state index contributed by atoms with van der Waals surface area (Å²) >= 11 is 0. The van der Waals surface area contributed by atoms with E-state index in [0.717, 1.165) is 17.7 Å². The van der Waals surface area contributed by atoms with Gasteiger partial charge in [0.15, 0.2) is 11.6 Å². The van der Waals surface area contributed by atoms with Crippen molar-refractivity contribution in [3.63, 3.8) is 0 Å². The molecule has 1 heterocycles. The van der Waals surface area contributed by atoms with Gasteiger partial charge < -0.3 is 14.6 Å². The topological polar surface area (TPSA) is 64.4 Å². The van der Waals surface area contributed by atoms with Gasteiger partial charge in [-0.25, -0.2) is 8.78 Å². The van der Waals surface area contributed by atoms with Crippen LogP contribution in [0.15, 0.2) is 47.0 Å². The fourth-order valence-electron chi connectivity index (χ4n) is 2.41. The molecule has 0 saturated carbocycles. The van der Waals surface area contributed by atoms with E-state index in [0.29, 0.717) is 17.2 Å². The minimum absolute atomic E-state index is 0.148.